The second-order valence-corrected chi connectivity index (χ2v) is 9.50. The molecule has 0 aliphatic heterocycles. The van der Waals surface area contributed by atoms with Crippen molar-refractivity contribution in [2.45, 2.75) is 11.8 Å². The second kappa shape index (κ2) is 10.8. The van der Waals surface area contributed by atoms with Gasteiger partial charge in [0.25, 0.3) is 0 Å². The Morgan fingerprint density at radius 1 is 1.06 bits per heavy atom. The van der Waals surface area contributed by atoms with E-state index < -0.39 is 33.2 Å². The molecule has 0 heterocycles. The van der Waals surface area contributed by atoms with Gasteiger partial charge in [0.15, 0.2) is 5.78 Å². The molecule has 0 fully saturated rings. The molecule has 0 aliphatic rings. The lowest BCUT2D eigenvalue weighted by Gasteiger charge is -2.21. The average Bonchev–Trinajstić information content (AvgIpc) is 2.83. The zero-order chi connectivity index (χ0) is 24.9. The standard InChI is InChI=1S/C24H22ClFN2O5S/c1-3-28(34(31,32)22-14-18(26)10-12-21(22)33-2)15-23(29)27-20-11-9-17(25)13-19(20)24(30)16-7-5-4-6-8-16/h4-14H,3,15H2,1-2H3,(H,27,29). The maximum absolute atomic E-state index is 13.8. The molecule has 3 aromatic carbocycles. The zero-order valence-electron chi connectivity index (χ0n) is 18.4. The summed E-state index contributed by atoms with van der Waals surface area (Å²) in [7, 11) is -3.00. The Morgan fingerprint density at radius 3 is 2.41 bits per heavy atom. The Kier molecular flexibility index (Phi) is 8.03. The molecule has 0 saturated carbocycles. The lowest BCUT2D eigenvalue weighted by Crippen LogP contribution is -2.38. The molecule has 0 atom stereocenters. The maximum Gasteiger partial charge on any atom is 0.247 e. The molecule has 0 spiro atoms. The van der Waals surface area contributed by atoms with Crippen LogP contribution in [-0.2, 0) is 14.8 Å². The maximum atomic E-state index is 13.8. The molecule has 0 radical (unpaired) electrons. The monoisotopic (exact) mass is 504 g/mol. The van der Waals surface area contributed by atoms with E-state index in [1.54, 1.807) is 37.3 Å². The minimum Gasteiger partial charge on any atom is -0.495 e. The number of rotatable bonds is 9. The van der Waals surface area contributed by atoms with Gasteiger partial charge < -0.3 is 10.1 Å². The SMILES string of the molecule is CCN(CC(=O)Nc1ccc(Cl)cc1C(=O)c1ccccc1)S(=O)(=O)c1cc(F)ccc1OC. The summed E-state index contributed by atoms with van der Waals surface area (Å²) in [6.07, 6.45) is 0. The number of ketones is 1. The van der Waals surface area contributed by atoms with E-state index in [4.69, 9.17) is 16.3 Å². The van der Waals surface area contributed by atoms with Crippen molar-refractivity contribution < 1.29 is 27.1 Å². The smallest absolute Gasteiger partial charge is 0.247 e. The highest BCUT2D eigenvalue weighted by molar-refractivity contribution is 7.89. The van der Waals surface area contributed by atoms with Gasteiger partial charge in [0, 0.05) is 22.7 Å². The van der Waals surface area contributed by atoms with Crippen LogP contribution in [0.4, 0.5) is 10.1 Å². The molecule has 0 aromatic heterocycles. The van der Waals surface area contributed by atoms with Crippen LogP contribution >= 0.6 is 11.6 Å². The Balaban J connectivity index is 1.87. The van der Waals surface area contributed by atoms with Crippen LogP contribution in [0, 0.1) is 5.82 Å². The molecule has 10 heteroatoms. The number of sulfonamides is 1. The highest BCUT2D eigenvalue weighted by atomic mass is 35.5. The summed E-state index contributed by atoms with van der Waals surface area (Å²) < 4.78 is 45.9. The van der Waals surface area contributed by atoms with E-state index in [2.05, 4.69) is 5.32 Å². The van der Waals surface area contributed by atoms with E-state index in [0.717, 1.165) is 16.4 Å². The van der Waals surface area contributed by atoms with Crippen molar-refractivity contribution >= 4 is 39.0 Å². The number of nitrogens with one attached hydrogen (secondary N) is 1. The second-order valence-electron chi connectivity index (χ2n) is 7.16. The fraction of sp³-hybridized carbons (Fsp3) is 0.167. The van der Waals surface area contributed by atoms with Crippen LogP contribution in [-0.4, -0.2) is 44.6 Å². The number of methoxy groups -OCH3 is 1. The topological polar surface area (TPSA) is 92.8 Å². The number of carbonyl (C=O) groups excluding carboxylic acids is 2. The lowest BCUT2D eigenvalue weighted by molar-refractivity contribution is -0.116. The van der Waals surface area contributed by atoms with E-state index in [1.807, 2.05) is 0 Å². The molecule has 0 aliphatic carbocycles. The third-order valence-electron chi connectivity index (χ3n) is 4.95. The normalized spacial score (nSPS) is 11.3. The van der Waals surface area contributed by atoms with Gasteiger partial charge in [0.05, 0.1) is 19.3 Å². The fourth-order valence-corrected chi connectivity index (χ4v) is 5.01. The van der Waals surface area contributed by atoms with E-state index in [0.29, 0.717) is 10.6 Å². The summed E-state index contributed by atoms with van der Waals surface area (Å²) >= 11 is 6.07. The number of likely N-dealkylation sites (N-methyl/N-ethyl adjacent to an activating group) is 1. The van der Waals surface area contributed by atoms with Crippen LogP contribution in [0.15, 0.2) is 71.6 Å². The van der Waals surface area contributed by atoms with E-state index in [9.17, 15) is 22.4 Å². The molecule has 0 bridgehead atoms. The summed E-state index contributed by atoms with van der Waals surface area (Å²) in [4.78, 5) is 25.4. The first-order valence-electron chi connectivity index (χ1n) is 10.2. The predicted molar refractivity (Wildman–Crippen MR) is 127 cm³/mol. The Bertz CT molecular complexity index is 1320. The van der Waals surface area contributed by atoms with E-state index in [1.165, 1.54) is 31.4 Å². The van der Waals surface area contributed by atoms with Gasteiger partial charge in [-0.25, -0.2) is 12.8 Å². The number of halogens is 2. The molecule has 7 nitrogen and oxygen atoms in total. The first-order valence-corrected chi connectivity index (χ1v) is 12.0. The molecule has 0 unspecified atom stereocenters. The molecule has 178 valence electrons. The highest BCUT2D eigenvalue weighted by Gasteiger charge is 2.29. The van der Waals surface area contributed by atoms with Gasteiger partial charge in [0.2, 0.25) is 15.9 Å². The molecule has 0 saturated heterocycles. The third kappa shape index (κ3) is 5.61. The van der Waals surface area contributed by atoms with Crippen LogP contribution in [0.2, 0.25) is 5.02 Å². The number of anilines is 1. The minimum absolute atomic E-state index is 0.0475. The molecule has 3 aromatic rings. The number of hydrogen-bond acceptors (Lipinski definition) is 5. The van der Waals surface area contributed by atoms with Crippen molar-refractivity contribution in [1.29, 1.82) is 0 Å². The van der Waals surface area contributed by atoms with Crippen molar-refractivity contribution in [1.82, 2.24) is 4.31 Å². The minimum atomic E-state index is -4.26. The first-order chi connectivity index (χ1) is 16.2. The fourth-order valence-electron chi connectivity index (χ4n) is 3.27. The Hall–Kier alpha value is -3.27. The Labute approximate surface area is 202 Å². The van der Waals surface area contributed by atoms with Gasteiger partial charge in [-0.2, -0.15) is 4.31 Å². The van der Waals surface area contributed by atoms with Crippen LogP contribution in [0.5, 0.6) is 5.75 Å². The number of carbonyl (C=O) groups is 2. The van der Waals surface area contributed by atoms with E-state index in [-0.39, 0.29) is 29.3 Å². The van der Waals surface area contributed by atoms with Crippen molar-refractivity contribution in [3.05, 3.63) is 88.7 Å². The number of hydrogen-bond donors (Lipinski definition) is 1. The highest BCUT2D eigenvalue weighted by Crippen LogP contribution is 2.28. The van der Waals surface area contributed by atoms with Crippen molar-refractivity contribution in [2.75, 3.05) is 25.5 Å². The average molecular weight is 505 g/mol. The van der Waals surface area contributed by atoms with Gasteiger partial charge in [-0.05, 0) is 36.4 Å². The van der Waals surface area contributed by atoms with Crippen LogP contribution < -0.4 is 10.1 Å². The van der Waals surface area contributed by atoms with Gasteiger partial charge in [-0.3, -0.25) is 9.59 Å². The number of benzene rings is 3. The van der Waals surface area contributed by atoms with Gasteiger partial charge >= 0.3 is 0 Å². The molecular formula is C24H22ClFN2O5S. The molecule has 1 N–H and O–H groups in total. The number of amides is 1. The van der Waals surface area contributed by atoms with Crippen molar-refractivity contribution in [2.24, 2.45) is 0 Å². The van der Waals surface area contributed by atoms with Crippen LogP contribution in [0.25, 0.3) is 0 Å². The van der Waals surface area contributed by atoms with Gasteiger partial charge in [-0.15, -0.1) is 0 Å². The van der Waals surface area contributed by atoms with Crippen molar-refractivity contribution in [3.8, 4) is 5.75 Å². The van der Waals surface area contributed by atoms with Crippen LogP contribution in [0.1, 0.15) is 22.8 Å². The lowest BCUT2D eigenvalue weighted by atomic mass is 10.0. The van der Waals surface area contributed by atoms with E-state index >= 15 is 0 Å². The third-order valence-corrected chi connectivity index (χ3v) is 7.13. The summed E-state index contributed by atoms with van der Waals surface area (Å²) in [5, 5.41) is 2.89. The molecular weight excluding hydrogens is 483 g/mol. The molecule has 34 heavy (non-hydrogen) atoms. The summed E-state index contributed by atoms with van der Waals surface area (Å²) in [6.45, 7) is 0.912. The Morgan fingerprint density at radius 2 is 1.76 bits per heavy atom. The predicted octanol–water partition coefficient (Wildman–Crippen LogP) is 4.37. The van der Waals surface area contributed by atoms with Gasteiger partial charge in [0.1, 0.15) is 16.5 Å². The number of ether oxygens (including phenoxy) is 1. The molecule has 1 amide bonds. The summed E-state index contributed by atoms with van der Waals surface area (Å²) in [5.74, 6) is -1.85. The first kappa shape index (κ1) is 25.4. The molecule has 3 rings (SSSR count). The quantitative estimate of drug-likeness (QED) is 0.437. The van der Waals surface area contributed by atoms with Gasteiger partial charge in [-0.1, -0.05) is 48.9 Å². The summed E-state index contributed by atoms with van der Waals surface area (Å²) in [6, 6.07) is 16.0. The largest absolute Gasteiger partial charge is 0.495 e. The number of nitrogens with zero attached hydrogens (tertiary/aromatic N) is 1. The summed E-state index contributed by atoms with van der Waals surface area (Å²) in [5.41, 5.74) is 0.737. The van der Waals surface area contributed by atoms with Crippen molar-refractivity contribution in [3.63, 3.8) is 0 Å². The zero-order valence-corrected chi connectivity index (χ0v) is 20.0. The van der Waals surface area contributed by atoms with Crippen LogP contribution in [0.3, 0.4) is 0 Å².